The maximum atomic E-state index is 13.2. The van der Waals surface area contributed by atoms with Gasteiger partial charge in [0.05, 0.1) is 12.0 Å². The zero-order valence-electron chi connectivity index (χ0n) is 8.35. The lowest BCUT2D eigenvalue weighted by Crippen LogP contribution is -2.00. The fourth-order valence-corrected chi connectivity index (χ4v) is 2.02. The zero-order valence-corrected chi connectivity index (χ0v) is 9.17. The lowest BCUT2D eigenvalue weighted by atomic mass is 10.3. The van der Waals surface area contributed by atoms with Gasteiger partial charge in [0.2, 0.25) is 5.78 Å². The molecule has 0 bridgehead atoms. The van der Waals surface area contributed by atoms with Gasteiger partial charge in [-0.2, -0.15) is 0 Å². The molecule has 4 heteroatoms. The Bertz CT molecular complexity index is 480. The quantitative estimate of drug-likeness (QED) is 0.602. The largest absolute Gasteiger partial charge is 0.461 e. The normalized spacial score (nSPS) is 10.3. The number of furan rings is 1. The van der Waals surface area contributed by atoms with Gasteiger partial charge >= 0.3 is 0 Å². The number of hydrogen-bond donors (Lipinski definition) is 0. The van der Waals surface area contributed by atoms with Crippen LogP contribution in [0.15, 0.2) is 52.0 Å². The Balaban J connectivity index is 1.98. The minimum absolute atomic E-state index is 0.141. The Labute approximate surface area is 96.5 Å². The molecule has 0 saturated carbocycles. The van der Waals surface area contributed by atoms with E-state index < -0.39 is 0 Å². The van der Waals surface area contributed by atoms with Crippen LogP contribution in [0.2, 0.25) is 0 Å². The fourth-order valence-electron chi connectivity index (χ4n) is 1.21. The number of carbonyl (C=O) groups excluding carboxylic acids is 1. The third-order valence-electron chi connectivity index (χ3n) is 1.99. The molecule has 0 aliphatic rings. The molecule has 0 fully saturated rings. The molecule has 16 heavy (non-hydrogen) atoms. The van der Waals surface area contributed by atoms with E-state index in [0.29, 0.717) is 10.7 Å². The average molecular weight is 236 g/mol. The first-order valence-corrected chi connectivity index (χ1v) is 5.70. The third kappa shape index (κ3) is 2.52. The van der Waals surface area contributed by atoms with E-state index in [-0.39, 0.29) is 17.4 Å². The number of benzene rings is 1. The van der Waals surface area contributed by atoms with Crippen molar-refractivity contribution in [3.05, 3.63) is 54.2 Å². The van der Waals surface area contributed by atoms with Crippen LogP contribution in [0.5, 0.6) is 0 Å². The Hall–Kier alpha value is -1.55. The van der Waals surface area contributed by atoms with E-state index in [1.807, 2.05) is 0 Å². The summed E-state index contributed by atoms with van der Waals surface area (Å²) in [6.45, 7) is 0. The first-order chi connectivity index (χ1) is 7.77. The molecule has 82 valence electrons. The molecule has 0 saturated heterocycles. The average Bonchev–Trinajstić information content (AvgIpc) is 2.81. The van der Waals surface area contributed by atoms with Crippen LogP contribution in [0.1, 0.15) is 10.6 Å². The van der Waals surface area contributed by atoms with Gasteiger partial charge in [0, 0.05) is 4.90 Å². The number of carbonyl (C=O) groups is 1. The molecule has 0 aliphatic carbocycles. The summed E-state index contributed by atoms with van der Waals surface area (Å²) >= 11 is 1.17. The van der Waals surface area contributed by atoms with E-state index in [2.05, 4.69) is 0 Å². The molecule has 1 aromatic carbocycles. The molecule has 1 heterocycles. The van der Waals surface area contributed by atoms with E-state index in [1.54, 1.807) is 30.3 Å². The van der Waals surface area contributed by atoms with Gasteiger partial charge in [0.25, 0.3) is 0 Å². The van der Waals surface area contributed by atoms with E-state index in [9.17, 15) is 9.18 Å². The summed E-state index contributed by atoms with van der Waals surface area (Å²) in [5.74, 6) is 0.0379. The summed E-state index contributed by atoms with van der Waals surface area (Å²) < 4.78 is 18.2. The second-order valence-corrected chi connectivity index (χ2v) is 4.14. The van der Waals surface area contributed by atoms with Crippen LogP contribution in [-0.2, 0) is 0 Å². The standard InChI is InChI=1S/C12H9FO2S/c13-9-4-1-2-6-12(9)16-8-10(14)11-5-3-7-15-11/h1-7H,8H2. The van der Waals surface area contributed by atoms with Crippen LogP contribution in [-0.4, -0.2) is 11.5 Å². The maximum Gasteiger partial charge on any atom is 0.208 e. The molecule has 0 spiro atoms. The summed E-state index contributed by atoms with van der Waals surface area (Å²) in [5, 5.41) is 0. The van der Waals surface area contributed by atoms with Gasteiger partial charge in [-0.25, -0.2) is 4.39 Å². The second kappa shape index (κ2) is 4.99. The second-order valence-electron chi connectivity index (χ2n) is 3.12. The van der Waals surface area contributed by atoms with E-state index in [0.717, 1.165) is 0 Å². The molecular weight excluding hydrogens is 227 g/mol. The van der Waals surface area contributed by atoms with E-state index >= 15 is 0 Å². The van der Waals surface area contributed by atoms with Crippen molar-refractivity contribution < 1.29 is 13.6 Å². The van der Waals surface area contributed by atoms with Crippen LogP contribution in [0, 0.1) is 5.82 Å². The molecule has 0 N–H and O–H groups in total. The Morgan fingerprint density at radius 1 is 1.25 bits per heavy atom. The predicted octanol–water partition coefficient (Wildman–Crippen LogP) is 3.39. The van der Waals surface area contributed by atoms with Gasteiger partial charge in [0.15, 0.2) is 5.76 Å². The highest BCUT2D eigenvalue weighted by atomic mass is 32.2. The minimum atomic E-state index is -0.306. The van der Waals surface area contributed by atoms with E-state index in [4.69, 9.17) is 4.42 Å². The molecular formula is C12H9FO2S. The van der Waals surface area contributed by atoms with Crippen molar-refractivity contribution in [2.75, 3.05) is 5.75 Å². The summed E-state index contributed by atoms with van der Waals surface area (Å²) in [6.07, 6.45) is 1.45. The van der Waals surface area contributed by atoms with Crippen molar-refractivity contribution in [3.63, 3.8) is 0 Å². The maximum absolute atomic E-state index is 13.2. The topological polar surface area (TPSA) is 30.2 Å². The van der Waals surface area contributed by atoms with Gasteiger partial charge in [-0.3, -0.25) is 4.79 Å². The van der Waals surface area contributed by atoms with Crippen LogP contribution in [0.25, 0.3) is 0 Å². The highest BCUT2D eigenvalue weighted by molar-refractivity contribution is 8.00. The number of hydrogen-bond acceptors (Lipinski definition) is 3. The molecule has 0 unspecified atom stereocenters. The van der Waals surface area contributed by atoms with Crippen LogP contribution in [0.4, 0.5) is 4.39 Å². The monoisotopic (exact) mass is 236 g/mol. The van der Waals surface area contributed by atoms with Crippen molar-refractivity contribution in [1.29, 1.82) is 0 Å². The van der Waals surface area contributed by atoms with Crippen molar-refractivity contribution in [2.45, 2.75) is 4.90 Å². The number of ketones is 1. The minimum Gasteiger partial charge on any atom is -0.461 e. The van der Waals surface area contributed by atoms with Crippen LogP contribution >= 0.6 is 11.8 Å². The lowest BCUT2D eigenvalue weighted by Gasteiger charge is -2.00. The molecule has 2 nitrogen and oxygen atoms in total. The van der Waals surface area contributed by atoms with Crippen molar-refractivity contribution in [1.82, 2.24) is 0 Å². The Morgan fingerprint density at radius 3 is 2.75 bits per heavy atom. The molecule has 0 atom stereocenters. The molecule has 0 amide bonds. The first-order valence-electron chi connectivity index (χ1n) is 4.71. The molecule has 0 aliphatic heterocycles. The van der Waals surface area contributed by atoms with Crippen LogP contribution < -0.4 is 0 Å². The Morgan fingerprint density at radius 2 is 2.06 bits per heavy atom. The number of thioether (sulfide) groups is 1. The third-order valence-corrected chi connectivity index (χ3v) is 3.04. The Kier molecular flexibility index (Phi) is 3.41. The summed E-state index contributed by atoms with van der Waals surface area (Å²) in [6, 6.07) is 9.64. The van der Waals surface area contributed by atoms with Gasteiger partial charge in [-0.15, -0.1) is 11.8 Å². The summed E-state index contributed by atoms with van der Waals surface area (Å²) in [4.78, 5) is 12.0. The van der Waals surface area contributed by atoms with Crippen LogP contribution in [0.3, 0.4) is 0 Å². The van der Waals surface area contributed by atoms with Gasteiger partial charge < -0.3 is 4.42 Å². The fraction of sp³-hybridized carbons (Fsp3) is 0.0833. The number of Topliss-reactive ketones (excluding diaryl/α,β-unsaturated/α-hetero) is 1. The summed E-state index contributed by atoms with van der Waals surface area (Å²) in [7, 11) is 0. The van der Waals surface area contributed by atoms with Crippen molar-refractivity contribution >= 4 is 17.5 Å². The zero-order chi connectivity index (χ0) is 11.4. The van der Waals surface area contributed by atoms with E-state index in [1.165, 1.54) is 24.1 Å². The SMILES string of the molecule is O=C(CSc1ccccc1F)c1ccco1. The molecule has 1 aromatic heterocycles. The number of halogens is 1. The van der Waals surface area contributed by atoms with Crippen molar-refractivity contribution in [3.8, 4) is 0 Å². The predicted molar refractivity (Wildman–Crippen MR) is 60.2 cm³/mol. The molecule has 2 rings (SSSR count). The number of rotatable bonds is 4. The highest BCUT2D eigenvalue weighted by Gasteiger charge is 2.10. The smallest absolute Gasteiger partial charge is 0.208 e. The highest BCUT2D eigenvalue weighted by Crippen LogP contribution is 2.22. The lowest BCUT2D eigenvalue weighted by molar-refractivity contribution is 0.0992. The first kappa shape index (κ1) is 11.0. The summed E-state index contributed by atoms with van der Waals surface area (Å²) in [5.41, 5.74) is 0. The molecule has 2 aromatic rings. The van der Waals surface area contributed by atoms with Gasteiger partial charge in [0.1, 0.15) is 5.82 Å². The van der Waals surface area contributed by atoms with Gasteiger partial charge in [-0.1, -0.05) is 12.1 Å². The van der Waals surface area contributed by atoms with Crippen molar-refractivity contribution in [2.24, 2.45) is 0 Å². The van der Waals surface area contributed by atoms with Gasteiger partial charge in [-0.05, 0) is 24.3 Å². The molecule has 0 radical (unpaired) electrons.